The number of carbonyl (C=O) groups is 1. The quantitative estimate of drug-likeness (QED) is 0.849. The molecule has 0 bridgehead atoms. The first-order valence-corrected chi connectivity index (χ1v) is 7.45. The van der Waals surface area contributed by atoms with E-state index in [1.807, 2.05) is 23.1 Å². The molecule has 0 saturated carbocycles. The summed E-state index contributed by atoms with van der Waals surface area (Å²) in [7, 11) is 0. The van der Waals surface area contributed by atoms with Crippen molar-refractivity contribution < 1.29 is 9.53 Å². The highest BCUT2D eigenvalue weighted by atomic mass is 35.5. The third-order valence-electron chi connectivity index (χ3n) is 3.44. The Hall–Kier alpha value is -1.26. The topological polar surface area (TPSA) is 55.6 Å². The summed E-state index contributed by atoms with van der Waals surface area (Å²) in [5.74, 6) is 0.838. The molecule has 0 spiro atoms. The first-order valence-electron chi connectivity index (χ1n) is 7.07. The molecule has 1 atom stereocenters. The first-order chi connectivity index (χ1) is 9.66. The molecule has 5 heteroatoms. The number of halogens is 1. The van der Waals surface area contributed by atoms with Crippen molar-refractivity contribution in [1.29, 1.82) is 0 Å². The number of carbonyl (C=O) groups excluding carboxylic acids is 1. The Morgan fingerprint density at radius 2 is 2.25 bits per heavy atom. The van der Waals surface area contributed by atoms with Gasteiger partial charge in [0.15, 0.2) is 0 Å². The molecule has 0 radical (unpaired) electrons. The zero-order valence-corrected chi connectivity index (χ0v) is 12.3. The van der Waals surface area contributed by atoms with Crippen LogP contribution in [0.4, 0.5) is 0 Å². The van der Waals surface area contributed by atoms with Gasteiger partial charge in [-0.2, -0.15) is 0 Å². The van der Waals surface area contributed by atoms with E-state index in [-0.39, 0.29) is 11.9 Å². The van der Waals surface area contributed by atoms with Gasteiger partial charge in [-0.25, -0.2) is 0 Å². The van der Waals surface area contributed by atoms with Crippen LogP contribution in [0.2, 0.25) is 5.02 Å². The predicted molar refractivity (Wildman–Crippen MR) is 80.0 cm³/mol. The molecule has 1 aromatic carbocycles. The van der Waals surface area contributed by atoms with Crippen molar-refractivity contribution in [3.8, 4) is 5.75 Å². The molecule has 20 heavy (non-hydrogen) atoms. The minimum Gasteiger partial charge on any atom is -0.492 e. The highest BCUT2D eigenvalue weighted by molar-refractivity contribution is 6.32. The van der Waals surface area contributed by atoms with Gasteiger partial charge < -0.3 is 15.4 Å². The Labute approximate surface area is 124 Å². The second-order valence-corrected chi connectivity index (χ2v) is 5.53. The zero-order valence-electron chi connectivity index (χ0n) is 11.6. The van der Waals surface area contributed by atoms with E-state index in [0.29, 0.717) is 36.8 Å². The van der Waals surface area contributed by atoms with Gasteiger partial charge >= 0.3 is 0 Å². The number of hydrogen-bond acceptors (Lipinski definition) is 3. The van der Waals surface area contributed by atoms with Gasteiger partial charge in [0.05, 0.1) is 11.6 Å². The number of ether oxygens (including phenoxy) is 1. The SMILES string of the molecule is NC1CCCN(C(=O)CCCOc2ccccc2Cl)C1. The van der Waals surface area contributed by atoms with Crippen molar-refractivity contribution in [2.75, 3.05) is 19.7 Å². The Balaban J connectivity index is 1.68. The fourth-order valence-corrected chi connectivity index (χ4v) is 2.55. The molecule has 1 amide bonds. The van der Waals surface area contributed by atoms with Crippen LogP contribution in [0.3, 0.4) is 0 Å². The van der Waals surface area contributed by atoms with Crippen molar-refractivity contribution in [3.63, 3.8) is 0 Å². The summed E-state index contributed by atoms with van der Waals surface area (Å²) in [6.45, 7) is 2.01. The standard InChI is InChI=1S/C15H21ClN2O2/c16-13-6-1-2-7-14(13)20-10-4-8-15(19)18-9-3-5-12(17)11-18/h1-2,6-7,12H,3-5,8-11,17H2. The summed E-state index contributed by atoms with van der Waals surface area (Å²) < 4.78 is 5.57. The average molecular weight is 297 g/mol. The molecule has 1 aromatic rings. The van der Waals surface area contributed by atoms with E-state index in [1.165, 1.54) is 0 Å². The van der Waals surface area contributed by atoms with Gasteiger partial charge in [0.25, 0.3) is 0 Å². The maximum absolute atomic E-state index is 12.0. The molecule has 1 unspecified atom stereocenters. The number of nitrogens with two attached hydrogens (primary N) is 1. The molecule has 1 heterocycles. The Bertz CT molecular complexity index is 453. The monoisotopic (exact) mass is 296 g/mol. The number of nitrogens with zero attached hydrogens (tertiary/aromatic N) is 1. The molecule has 110 valence electrons. The maximum Gasteiger partial charge on any atom is 0.222 e. The van der Waals surface area contributed by atoms with Gasteiger partial charge in [0.1, 0.15) is 5.75 Å². The van der Waals surface area contributed by atoms with Gasteiger partial charge in [-0.3, -0.25) is 4.79 Å². The number of hydrogen-bond donors (Lipinski definition) is 1. The van der Waals surface area contributed by atoms with Gasteiger partial charge in [0.2, 0.25) is 5.91 Å². The minimum atomic E-state index is 0.132. The van der Waals surface area contributed by atoms with Crippen LogP contribution >= 0.6 is 11.6 Å². The Morgan fingerprint density at radius 1 is 1.45 bits per heavy atom. The fourth-order valence-electron chi connectivity index (χ4n) is 2.36. The lowest BCUT2D eigenvalue weighted by atomic mass is 10.1. The van der Waals surface area contributed by atoms with Crippen LogP contribution in [0.1, 0.15) is 25.7 Å². The van der Waals surface area contributed by atoms with E-state index in [1.54, 1.807) is 6.07 Å². The number of amides is 1. The van der Waals surface area contributed by atoms with Crippen LogP contribution in [0.5, 0.6) is 5.75 Å². The fraction of sp³-hybridized carbons (Fsp3) is 0.533. The molecule has 0 aliphatic carbocycles. The largest absolute Gasteiger partial charge is 0.492 e. The van der Waals surface area contributed by atoms with Crippen LogP contribution in [-0.4, -0.2) is 36.5 Å². The molecule has 1 aliphatic heterocycles. The third-order valence-corrected chi connectivity index (χ3v) is 3.75. The Kier molecular flexibility index (Phi) is 5.68. The van der Waals surface area contributed by atoms with Crippen LogP contribution in [0.15, 0.2) is 24.3 Å². The zero-order chi connectivity index (χ0) is 14.4. The molecule has 1 saturated heterocycles. The summed E-state index contributed by atoms with van der Waals surface area (Å²) in [5, 5.41) is 0.598. The van der Waals surface area contributed by atoms with Gasteiger partial charge in [-0.05, 0) is 31.4 Å². The number of para-hydroxylation sites is 1. The summed E-state index contributed by atoms with van der Waals surface area (Å²) >= 11 is 5.99. The number of likely N-dealkylation sites (tertiary alicyclic amines) is 1. The van der Waals surface area contributed by atoms with E-state index in [9.17, 15) is 4.79 Å². The molecule has 4 nitrogen and oxygen atoms in total. The summed E-state index contributed by atoms with van der Waals surface area (Å²) in [6.07, 6.45) is 3.20. The molecular weight excluding hydrogens is 276 g/mol. The summed E-state index contributed by atoms with van der Waals surface area (Å²) in [5.41, 5.74) is 5.88. The lowest BCUT2D eigenvalue weighted by molar-refractivity contribution is -0.132. The van der Waals surface area contributed by atoms with Crippen molar-refractivity contribution >= 4 is 17.5 Å². The van der Waals surface area contributed by atoms with E-state index in [4.69, 9.17) is 22.1 Å². The van der Waals surface area contributed by atoms with Crippen molar-refractivity contribution in [3.05, 3.63) is 29.3 Å². The first kappa shape index (κ1) is 15.1. The van der Waals surface area contributed by atoms with Crippen LogP contribution in [0, 0.1) is 0 Å². The van der Waals surface area contributed by atoms with Crippen LogP contribution < -0.4 is 10.5 Å². The highest BCUT2D eigenvalue weighted by Crippen LogP contribution is 2.23. The van der Waals surface area contributed by atoms with Crippen molar-refractivity contribution in [1.82, 2.24) is 4.90 Å². The van der Waals surface area contributed by atoms with Crippen LogP contribution in [0.25, 0.3) is 0 Å². The predicted octanol–water partition coefficient (Wildman–Crippen LogP) is 2.45. The normalized spacial score (nSPS) is 18.9. The third kappa shape index (κ3) is 4.39. The molecule has 1 aliphatic rings. The van der Waals surface area contributed by atoms with E-state index < -0.39 is 0 Å². The number of benzene rings is 1. The highest BCUT2D eigenvalue weighted by Gasteiger charge is 2.20. The number of rotatable bonds is 5. The van der Waals surface area contributed by atoms with E-state index in [0.717, 1.165) is 19.4 Å². The number of piperidine rings is 1. The molecule has 1 fully saturated rings. The lowest BCUT2D eigenvalue weighted by Crippen LogP contribution is -2.45. The van der Waals surface area contributed by atoms with Crippen LogP contribution in [-0.2, 0) is 4.79 Å². The lowest BCUT2D eigenvalue weighted by Gasteiger charge is -2.30. The molecular formula is C15H21ClN2O2. The van der Waals surface area contributed by atoms with Crippen molar-refractivity contribution in [2.24, 2.45) is 5.73 Å². The molecule has 2 rings (SSSR count). The van der Waals surface area contributed by atoms with Crippen molar-refractivity contribution in [2.45, 2.75) is 31.7 Å². The van der Waals surface area contributed by atoms with Gasteiger partial charge in [0, 0.05) is 25.6 Å². The van der Waals surface area contributed by atoms with Gasteiger partial charge in [-0.15, -0.1) is 0 Å². The Morgan fingerprint density at radius 3 is 3.00 bits per heavy atom. The smallest absolute Gasteiger partial charge is 0.222 e. The molecule has 2 N–H and O–H groups in total. The summed E-state index contributed by atoms with van der Waals surface area (Å²) in [6, 6.07) is 7.48. The molecule has 0 aromatic heterocycles. The average Bonchev–Trinajstić information content (AvgIpc) is 2.45. The second kappa shape index (κ2) is 7.50. The van der Waals surface area contributed by atoms with E-state index in [2.05, 4.69) is 0 Å². The minimum absolute atomic E-state index is 0.132. The van der Waals surface area contributed by atoms with Gasteiger partial charge in [-0.1, -0.05) is 23.7 Å². The van der Waals surface area contributed by atoms with E-state index >= 15 is 0 Å². The maximum atomic E-state index is 12.0. The second-order valence-electron chi connectivity index (χ2n) is 5.12. The summed E-state index contributed by atoms with van der Waals surface area (Å²) in [4.78, 5) is 13.9.